The molecule has 16 heavy (non-hydrogen) atoms. The van der Waals surface area contributed by atoms with Crippen molar-refractivity contribution < 1.29 is 0 Å². The summed E-state index contributed by atoms with van der Waals surface area (Å²) in [6, 6.07) is 19.1. The van der Waals surface area contributed by atoms with Crippen LogP contribution in [0.5, 0.6) is 0 Å². The van der Waals surface area contributed by atoms with Crippen molar-refractivity contribution in [3.05, 3.63) is 60.2 Å². The normalized spacial score (nSPS) is 10.7. The highest BCUT2D eigenvalue weighted by Crippen LogP contribution is 2.23. The van der Waals surface area contributed by atoms with Crippen LogP contribution in [-0.2, 0) is 6.54 Å². The zero-order valence-electron chi connectivity index (χ0n) is 9.85. The Labute approximate surface area is 97.3 Å². The number of rotatable bonds is 3. The molecule has 0 radical (unpaired) electrons. The van der Waals surface area contributed by atoms with Crippen molar-refractivity contribution in [1.29, 1.82) is 0 Å². The summed E-state index contributed by atoms with van der Waals surface area (Å²) in [4.78, 5) is 2.20. The molecule has 1 heteroatoms. The summed E-state index contributed by atoms with van der Waals surface area (Å²) < 4.78 is 0. The molecule has 2 aromatic carbocycles. The zero-order chi connectivity index (χ0) is 11.4. The summed E-state index contributed by atoms with van der Waals surface area (Å²) in [5.41, 5.74) is 4.00. The van der Waals surface area contributed by atoms with E-state index in [1.165, 1.54) is 16.7 Å². The summed E-state index contributed by atoms with van der Waals surface area (Å²) in [5, 5.41) is 0. The van der Waals surface area contributed by atoms with E-state index in [9.17, 15) is 0 Å². The molecule has 0 amide bonds. The van der Waals surface area contributed by atoms with Crippen LogP contribution in [0.4, 0.5) is 0 Å². The molecule has 0 aliphatic carbocycles. The minimum atomic E-state index is 0.977. The number of hydrogen-bond donors (Lipinski definition) is 0. The van der Waals surface area contributed by atoms with Crippen LogP contribution in [0.15, 0.2) is 54.6 Å². The molecule has 0 aromatic heterocycles. The van der Waals surface area contributed by atoms with Crippen LogP contribution in [0.2, 0.25) is 0 Å². The summed E-state index contributed by atoms with van der Waals surface area (Å²) in [5.74, 6) is 0. The Morgan fingerprint density at radius 1 is 0.812 bits per heavy atom. The van der Waals surface area contributed by atoms with Gasteiger partial charge in [0.25, 0.3) is 0 Å². The highest BCUT2D eigenvalue weighted by molar-refractivity contribution is 5.67. The first-order valence-electron chi connectivity index (χ1n) is 5.55. The molecule has 0 saturated carbocycles. The first kappa shape index (κ1) is 10.9. The van der Waals surface area contributed by atoms with Crippen molar-refractivity contribution in [3.63, 3.8) is 0 Å². The molecule has 0 spiro atoms. The molecular formula is C15H17N. The number of hydrogen-bond acceptors (Lipinski definition) is 1. The maximum absolute atomic E-state index is 2.20. The molecular weight excluding hydrogens is 194 g/mol. The van der Waals surface area contributed by atoms with Crippen molar-refractivity contribution in [3.8, 4) is 11.1 Å². The van der Waals surface area contributed by atoms with Gasteiger partial charge in [-0.3, -0.25) is 0 Å². The maximum Gasteiger partial charge on any atom is 0.0233 e. The van der Waals surface area contributed by atoms with E-state index in [2.05, 4.69) is 73.6 Å². The molecule has 0 N–H and O–H groups in total. The van der Waals surface area contributed by atoms with Gasteiger partial charge in [-0.2, -0.15) is 0 Å². The van der Waals surface area contributed by atoms with E-state index in [1.807, 2.05) is 0 Å². The van der Waals surface area contributed by atoms with Gasteiger partial charge in [-0.05, 0) is 30.8 Å². The Morgan fingerprint density at radius 3 is 2.12 bits per heavy atom. The van der Waals surface area contributed by atoms with Crippen LogP contribution in [0.25, 0.3) is 11.1 Å². The van der Waals surface area contributed by atoms with Gasteiger partial charge < -0.3 is 4.90 Å². The third kappa shape index (κ3) is 2.50. The van der Waals surface area contributed by atoms with Crippen molar-refractivity contribution in [2.45, 2.75) is 6.54 Å². The summed E-state index contributed by atoms with van der Waals surface area (Å²) in [6.45, 7) is 0.977. The van der Waals surface area contributed by atoms with E-state index >= 15 is 0 Å². The van der Waals surface area contributed by atoms with Crippen LogP contribution in [0.1, 0.15) is 5.56 Å². The Hall–Kier alpha value is -1.60. The minimum absolute atomic E-state index is 0.977. The van der Waals surface area contributed by atoms with E-state index < -0.39 is 0 Å². The third-order valence-electron chi connectivity index (χ3n) is 2.59. The topological polar surface area (TPSA) is 3.24 Å². The molecule has 0 atom stereocenters. The molecule has 0 saturated heterocycles. The van der Waals surface area contributed by atoms with E-state index in [0.29, 0.717) is 0 Å². The van der Waals surface area contributed by atoms with Crippen LogP contribution >= 0.6 is 0 Å². The standard InChI is InChI=1S/C15H17N/c1-16(2)12-14-10-6-7-11-15(14)13-8-4-3-5-9-13/h3-11H,12H2,1-2H3. The molecule has 82 valence electrons. The number of benzene rings is 2. The fourth-order valence-electron chi connectivity index (χ4n) is 1.90. The molecule has 1 nitrogen and oxygen atoms in total. The Kier molecular flexibility index (Phi) is 3.37. The quantitative estimate of drug-likeness (QED) is 0.752. The van der Waals surface area contributed by atoms with E-state index in [0.717, 1.165) is 6.54 Å². The van der Waals surface area contributed by atoms with Gasteiger partial charge in [-0.25, -0.2) is 0 Å². The second kappa shape index (κ2) is 4.95. The first-order chi connectivity index (χ1) is 7.77. The first-order valence-corrected chi connectivity index (χ1v) is 5.55. The molecule has 0 heterocycles. The lowest BCUT2D eigenvalue weighted by Crippen LogP contribution is -2.11. The van der Waals surface area contributed by atoms with Gasteiger partial charge in [0.1, 0.15) is 0 Å². The van der Waals surface area contributed by atoms with Gasteiger partial charge in [0.05, 0.1) is 0 Å². The third-order valence-corrected chi connectivity index (χ3v) is 2.59. The molecule has 0 aliphatic heterocycles. The predicted octanol–water partition coefficient (Wildman–Crippen LogP) is 3.42. The van der Waals surface area contributed by atoms with Gasteiger partial charge >= 0.3 is 0 Å². The molecule has 0 aliphatic rings. The van der Waals surface area contributed by atoms with Gasteiger partial charge in [0.15, 0.2) is 0 Å². The van der Waals surface area contributed by atoms with Crippen molar-refractivity contribution in [2.75, 3.05) is 14.1 Å². The van der Waals surface area contributed by atoms with Gasteiger partial charge in [-0.15, -0.1) is 0 Å². The predicted molar refractivity (Wildman–Crippen MR) is 69.3 cm³/mol. The smallest absolute Gasteiger partial charge is 0.0233 e. The van der Waals surface area contributed by atoms with Gasteiger partial charge in [0.2, 0.25) is 0 Å². The lowest BCUT2D eigenvalue weighted by atomic mass is 9.99. The van der Waals surface area contributed by atoms with Crippen molar-refractivity contribution in [1.82, 2.24) is 4.90 Å². The summed E-state index contributed by atoms with van der Waals surface area (Å²) in [7, 11) is 4.20. The second-order valence-electron chi connectivity index (χ2n) is 4.26. The lowest BCUT2D eigenvalue weighted by molar-refractivity contribution is 0.403. The average molecular weight is 211 g/mol. The molecule has 0 bridgehead atoms. The van der Waals surface area contributed by atoms with E-state index in [-0.39, 0.29) is 0 Å². The Bertz CT molecular complexity index is 446. The molecule has 2 rings (SSSR count). The fourth-order valence-corrected chi connectivity index (χ4v) is 1.90. The lowest BCUT2D eigenvalue weighted by Gasteiger charge is -2.14. The van der Waals surface area contributed by atoms with Crippen LogP contribution in [0.3, 0.4) is 0 Å². The number of nitrogens with zero attached hydrogens (tertiary/aromatic N) is 1. The second-order valence-corrected chi connectivity index (χ2v) is 4.26. The highest BCUT2D eigenvalue weighted by atomic mass is 15.0. The Morgan fingerprint density at radius 2 is 1.44 bits per heavy atom. The Balaban J connectivity index is 2.41. The molecule has 0 fully saturated rings. The molecule has 0 unspecified atom stereocenters. The SMILES string of the molecule is CN(C)Cc1ccccc1-c1ccccc1. The zero-order valence-corrected chi connectivity index (χ0v) is 9.85. The van der Waals surface area contributed by atoms with Crippen LogP contribution in [-0.4, -0.2) is 19.0 Å². The largest absolute Gasteiger partial charge is 0.305 e. The van der Waals surface area contributed by atoms with Crippen molar-refractivity contribution in [2.24, 2.45) is 0 Å². The summed E-state index contributed by atoms with van der Waals surface area (Å²) in [6.07, 6.45) is 0. The molecule has 2 aromatic rings. The fraction of sp³-hybridized carbons (Fsp3) is 0.200. The average Bonchev–Trinajstić information content (AvgIpc) is 2.30. The van der Waals surface area contributed by atoms with Crippen molar-refractivity contribution >= 4 is 0 Å². The van der Waals surface area contributed by atoms with E-state index in [4.69, 9.17) is 0 Å². The highest BCUT2D eigenvalue weighted by Gasteiger charge is 2.04. The monoisotopic (exact) mass is 211 g/mol. The minimum Gasteiger partial charge on any atom is -0.305 e. The van der Waals surface area contributed by atoms with Crippen LogP contribution < -0.4 is 0 Å². The summed E-state index contributed by atoms with van der Waals surface area (Å²) >= 11 is 0. The maximum atomic E-state index is 2.20. The van der Waals surface area contributed by atoms with Crippen LogP contribution in [0, 0.1) is 0 Å². The van der Waals surface area contributed by atoms with Gasteiger partial charge in [-0.1, -0.05) is 54.6 Å². The van der Waals surface area contributed by atoms with E-state index in [1.54, 1.807) is 0 Å². The van der Waals surface area contributed by atoms with Gasteiger partial charge in [0, 0.05) is 6.54 Å².